The largest absolute Gasteiger partial charge is 0.466 e. The highest BCUT2D eigenvalue weighted by molar-refractivity contribution is 5.94. The van der Waals surface area contributed by atoms with Crippen LogP contribution >= 0.6 is 0 Å². The highest BCUT2D eigenvalue weighted by atomic mass is 16.5. The molecule has 3 aromatic rings. The average molecular weight is 507 g/mol. The van der Waals surface area contributed by atoms with Crippen molar-refractivity contribution in [2.75, 3.05) is 18.5 Å². The normalized spacial score (nSPS) is 12.1. The van der Waals surface area contributed by atoms with Crippen LogP contribution in [0.25, 0.3) is 11.4 Å². The smallest absolute Gasteiger partial charge is 0.307 e. The Morgan fingerprint density at radius 2 is 1.73 bits per heavy atom. The first-order valence-corrected chi connectivity index (χ1v) is 12.9. The van der Waals surface area contributed by atoms with Crippen LogP contribution in [0.5, 0.6) is 0 Å². The number of aromatic nitrogens is 2. The van der Waals surface area contributed by atoms with Gasteiger partial charge >= 0.3 is 5.97 Å². The van der Waals surface area contributed by atoms with Gasteiger partial charge < -0.3 is 19.9 Å². The molecule has 1 aromatic heterocycles. The minimum absolute atomic E-state index is 0.159. The molecule has 0 spiro atoms. The predicted octanol–water partition coefficient (Wildman–Crippen LogP) is 5.54. The monoisotopic (exact) mass is 506 g/mol. The quantitative estimate of drug-likeness (QED) is 0.311. The Bertz CT molecular complexity index is 1150. The lowest BCUT2D eigenvalue weighted by Gasteiger charge is -2.20. The Morgan fingerprint density at radius 3 is 2.32 bits per heavy atom. The van der Waals surface area contributed by atoms with Crippen molar-refractivity contribution in [2.45, 2.75) is 71.8 Å². The van der Waals surface area contributed by atoms with E-state index in [1.807, 2.05) is 45.0 Å². The topological polar surface area (TPSA) is 106 Å². The van der Waals surface area contributed by atoms with E-state index in [0.717, 1.165) is 30.5 Å². The van der Waals surface area contributed by atoms with E-state index < -0.39 is 0 Å². The maximum Gasteiger partial charge on any atom is 0.307 e. The molecule has 3 rings (SSSR count). The van der Waals surface area contributed by atoms with Crippen molar-refractivity contribution in [1.82, 2.24) is 15.5 Å². The van der Waals surface area contributed by atoms with Gasteiger partial charge in [0, 0.05) is 34.8 Å². The van der Waals surface area contributed by atoms with Crippen LogP contribution < -0.4 is 10.6 Å². The second-order valence-electron chi connectivity index (χ2n) is 10.1. The van der Waals surface area contributed by atoms with E-state index in [4.69, 9.17) is 9.26 Å². The van der Waals surface area contributed by atoms with Gasteiger partial charge in [0.25, 0.3) is 5.91 Å². The molecule has 1 unspecified atom stereocenters. The molecule has 0 bridgehead atoms. The molecule has 2 aromatic carbocycles. The molecule has 0 fully saturated rings. The lowest BCUT2D eigenvalue weighted by atomic mass is 9.97. The van der Waals surface area contributed by atoms with Crippen molar-refractivity contribution in [3.05, 3.63) is 65.5 Å². The Labute approximate surface area is 219 Å². The number of benzene rings is 2. The summed E-state index contributed by atoms with van der Waals surface area (Å²) in [6, 6.07) is 15.9. The molecule has 0 aliphatic heterocycles. The van der Waals surface area contributed by atoms with E-state index in [0.29, 0.717) is 23.9 Å². The Balaban J connectivity index is 1.56. The van der Waals surface area contributed by atoms with E-state index in [9.17, 15) is 9.59 Å². The van der Waals surface area contributed by atoms with Crippen molar-refractivity contribution in [3.8, 4) is 11.4 Å². The predicted molar refractivity (Wildman–Crippen MR) is 144 cm³/mol. The van der Waals surface area contributed by atoms with Crippen molar-refractivity contribution in [2.24, 2.45) is 0 Å². The molecule has 37 heavy (non-hydrogen) atoms. The molecule has 1 atom stereocenters. The molecule has 0 saturated heterocycles. The first-order valence-electron chi connectivity index (χ1n) is 12.9. The number of anilines is 1. The van der Waals surface area contributed by atoms with Crippen LogP contribution in [0.15, 0.2) is 53.1 Å². The van der Waals surface area contributed by atoms with E-state index in [1.54, 1.807) is 19.1 Å². The van der Waals surface area contributed by atoms with Gasteiger partial charge in [-0.1, -0.05) is 63.5 Å². The molecule has 0 radical (unpaired) electrons. The minimum Gasteiger partial charge on any atom is -0.466 e. The highest BCUT2D eigenvalue weighted by Crippen LogP contribution is 2.24. The highest BCUT2D eigenvalue weighted by Gasteiger charge is 2.22. The van der Waals surface area contributed by atoms with Crippen LogP contribution in [0.4, 0.5) is 5.69 Å². The summed E-state index contributed by atoms with van der Waals surface area (Å²) in [4.78, 5) is 28.3. The number of esters is 1. The number of hydrogen-bond donors (Lipinski definition) is 2. The van der Waals surface area contributed by atoms with E-state index >= 15 is 0 Å². The molecule has 2 N–H and O–H groups in total. The second-order valence-corrected chi connectivity index (χ2v) is 10.1. The molecular formula is C29H38N4O4. The van der Waals surface area contributed by atoms with Gasteiger partial charge in [-0.25, -0.2) is 0 Å². The van der Waals surface area contributed by atoms with Crippen LogP contribution in [-0.4, -0.2) is 41.2 Å². The zero-order valence-electron chi connectivity index (χ0n) is 22.5. The number of hydrogen-bond acceptors (Lipinski definition) is 7. The van der Waals surface area contributed by atoms with E-state index in [1.165, 1.54) is 5.56 Å². The number of nitrogens with zero attached hydrogens (tertiary/aromatic N) is 2. The Morgan fingerprint density at radius 1 is 1.03 bits per heavy atom. The standard InChI is InChI=1S/C29H38N4O4/c1-6-8-24(19-20-9-11-21(12-10-20)26-32-28(37-33-26)29(3,4)5)31-23-15-13-22(14-16-23)27(35)30-18-17-25(34)36-7-2/h9-16,24,31H,6-8,17-19H2,1-5H3,(H,30,35). The van der Waals surface area contributed by atoms with Crippen LogP contribution in [0, 0.1) is 0 Å². The molecule has 0 aliphatic rings. The van der Waals surface area contributed by atoms with Crippen LogP contribution in [0.1, 0.15) is 75.7 Å². The Kier molecular flexibility index (Phi) is 9.83. The first-order chi connectivity index (χ1) is 17.7. The minimum atomic E-state index is -0.316. The molecule has 0 aliphatic carbocycles. The lowest BCUT2D eigenvalue weighted by Crippen LogP contribution is -2.26. The fourth-order valence-corrected chi connectivity index (χ4v) is 3.86. The third-order valence-electron chi connectivity index (χ3n) is 5.84. The molecule has 0 saturated carbocycles. The lowest BCUT2D eigenvalue weighted by molar-refractivity contribution is -0.142. The number of amides is 1. The van der Waals surface area contributed by atoms with Crippen LogP contribution in [0.2, 0.25) is 0 Å². The van der Waals surface area contributed by atoms with Crippen LogP contribution in [0.3, 0.4) is 0 Å². The molecule has 8 heteroatoms. The molecular weight excluding hydrogens is 468 g/mol. The van der Waals surface area contributed by atoms with Gasteiger partial charge in [0.1, 0.15) is 0 Å². The maximum absolute atomic E-state index is 12.3. The Hall–Kier alpha value is -3.68. The van der Waals surface area contributed by atoms with Gasteiger partial charge in [-0.05, 0) is 49.6 Å². The number of carbonyl (C=O) groups excluding carboxylic acids is 2. The maximum atomic E-state index is 12.3. The summed E-state index contributed by atoms with van der Waals surface area (Å²) in [5, 5.41) is 10.5. The fourth-order valence-electron chi connectivity index (χ4n) is 3.86. The molecule has 198 valence electrons. The zero-order chi connectivity index (χ0) is 26.8. The average Bonchev–Trinajstić information content (AvgIpc) is 3.36. The number of nitrogens with one attached hydrogen (secondary N) is 2. The summed E-state index contributed by atoms with van der Waals surface area (Å²) < 4.78 is 10.3. The van der Waals surface area contributed by atoms with Crippen molar-refractivity contribution >= 4 is 17.6 Å². The SMILES string of the molecule is CCCC(Cc1ccc(-c2noc(C(C)(C)C)n2)cc1)Nc1ccc(C(=O)NCCC(=O)OCC)cc1. The van der Waals surface area contributed by atoms with E-state index in [-0.39, 0.29) is 36.3 Å². The fraction of sp³-hybridized carbons (Fsp3) is 0.448. The van der Waals surface area contributed by atoms with Gasteiger partial charge in [0.15, 0.2) is 0 Å². The number of carbonyl (C=O) groups is 2. The van der Waals surface area contributed by atoms with Gasteiger partial charge in [-0.2, -0.15) is 4.98 Å². The zero-order valence-corrected chi connectivity index (χ0v) is 22.5. The summed E-state index contributed by atoms with van der Waals surface area (Å²) >= 11 is 0. The summed E-state index contributed by atoms with van der Waals surface area (Å²) in [6.45, 7) is 10.7. The third-order valence-corrected chi connectivity index (χ3v) is 5.84. The van der Waals surface area contributed by atoms with Gasteiger partial charge in [0.05, 0.1) is 13.0 Å². The van der Waals surface area contributed by atoms with Gasteiger partial charge in [-0.15, -0.1) is 0 Å². The summed E-state index contributed by atoms with van der Waals surface area (Å²) in [6.07, 6.45) is 3.09. The number of ether oxygens (including phenoxy) is 1. The van der Waals surface area contributed by atoms with Crippen molar-refractivity contribution in [3.63, 3.8) is 0 Å². The molecule has 8 nitrogen and oxygen atoms in total. The number of rotatable bonds is 12. The van der Waals surface area contributed by atoms with Gasteiger partial charge in [0.2, 0.25) is 11.7 Å². The van der Waals surface area contributed by atoms with Crippen molar-refractivity contribution in [1.29, 1.82) is 0 Å². The summed E-state index contributed by atoms with van der Waals surface area (Å²) in [5.41, 5.74) is 3.47. The third kappa shape index (κ3) is 8.44. The summed E-state index contributed by atoms with van der Waals surface area (Å²) in [5.74, 6) is 0.699. The van der Waals surface area contributed by atoms with Crippen molar-refractivity contribution < 1.29 is 18.8 Å². The van der Waals surface area contributed by atoms with E-state index in [2.05, 4.69) is 39.8 Å². The summed E-state index contributed by atoms with van der Waals surface area (Å²) in [7, 11) is 0. The van der Waals surface area contributed by atoms with Crippen LogP contribution in [-0.2, 0) is 21.4 Å². The molecule has 1 amide bonds. The van der Waals surface area contributed by atoms with Gasteiger partial charge in [-0.3, -0.25) is 9.59 Å². The first kappa shape index (κ1) is 27.9. The second kappa shape index (κ2) is 13.0. The molecule has 1 heterocycles.